The Balaban J connectivity index is 1.46. The molecule has 0 aliphatic carbocycles. The van der Waals surface area contributed by atoms with E-state index in [1.807, 2.05) is 48.5 Å². The third-order valence-corrected chi connectivity index (χ3v) is 5.92. The second-order valence-corrected chi connectivity index (χ2v) is 8.68. The van der Waals surface area contributed by atoms with Gasteiger partial charge in [-0.3, -0.25) is 9.36 Å². The van der Waals surface area contributed by atoms with E-state index in [4.69, 9.17) is 44.5 Å². The van der Waals surface area contributed by atoms with Gasteiger partial charge in [0.15, 0.2) is 0 Å². The molecule has 0 aliphatic rings. The summed E-state index contributed by atoms with van der Waals surface area (Å²) in [5, 5.41) is 2.34. The topological polar surface area (TPSA) is 44.1 Å². The van der Waals surface area contributed by atoms with Crippen LogP contribution in [0.15, 0.2) is 71.5 Å². The highest BCUT2D eigenvalue weighted by molar-refractivity contribution is 6.35. The van der Waals surface area contributed by atoms with E-state index in [1.54, 1.807) is 22.8 Å². The van der Waals surface area contributed by atoms with Gasteiger partial charge in [0.2, 0.25) is 0 Å². The van der Waals surface area contributed by atoms with Crippen LogP contribution in [0.4, 0.5) is 0 Å². The number of para-hydroxylation sites is 1. The minimum atomic E-state index is -0.0373. The maximum atomic E-state index is 13.2. The molecular formula is C25H21Cl3N2O2. The zero-order valence-corrected chi connectivity index (χ0v) is 19.5. The minimum absolute atomic E-state index is 0.0373. The highest BCUT2D eigenvalue weighted by Gasteiger charge is 2.12. The lowest BCUT2D eigenvalue weighted by Gasteiger charge is -2.14. The van der Waals surface area contributed by atoms with Gasteiger partial charge in [-0.25, -0.2) is 4.98 Å². The predicted molar refractivity (Wildman–Crippen MR) is 132 cm³/mol. The minimum Gasteiger partial charge on any atom is -0.492 e. The lowest BCUT2D eigenvalue weighted by Crippen LogP contribution is -2.23. The van der Waals surface area contributed by atoms with E-state index in [2.05, 4.69) is 0 Å². The number of nitrogens with zero attached hydrogens (tertiary/aromatic N) is 2. The van der Waals surface area contributed by atoms with Crippen molar-refractivity contribution < 1.29 is 4.74 Å². The summed E-state index contributed by atoms with van der Waals surface area (Å²) in [6.45, 7) is 1.10. The maximum Gasteiger partial charge on any atom is 0.261 e. The molecule has 4 aromatic rings. The van der Waals surface area contributed by atoms with Crippen molar-refractivity contribution >= 4 is 45.7 Å². The highest BCUT2D eigenvalue weighted by atomic mass is 35.5. The number of benzene rings is 3. The number of hydrogen-bond donors (Lipinski definition) is 0. The van der Waals surface area contributed by atoms with Crippen LogP contribution in [0.1, 0.15) is 19.3 Å². The van der Waals surface area contributed by atoms with Crippen LogP contribution in [-0.2, 0) is 6.54 Å². The standard InChI is InChI=1S/C25H21Cl3N2O2/c26-18-10-8-17(9-11-18)24-29-22-7-3-2-6-20(22)25(31)30(24)14-4-1-5-15-32-23-13-12-19(27)16-21(23)28/h2-3,6-13,16H,1,4-5,14-15H2. The number of aromatic nitrogens is 2. The van der Waals surface area contributed by atoms with E-state index in [0.29, 0.717) is 50.7 Å². The van der Waals surface area contributed by atoms with Crippen LogP contribution < -0.4 is 10.3 Å². The fourth-order valence-electron chi connectivity index (χ4n) is 3.52. The quantitative estimate of drug-likeness (QED) is 0.245. The van der Waals surface area contributed by atoms with Crippen LogP contribution >= 0.6 is 34.8 Å². The Morgan fingerprint density at radius 2 is 1.59 bits per heavy atom. The Bertz CT molecular complexity index is 1290. The van der Waals surface area contributed by atoms with Gasteiger partial charge >= 0.3 is 0 Å². The van der Waals surface area contributed by atoms with Crippen molar-refractivity contribution in [3.8, 4) is 17.1 Å². The Labute approximate surface area is 201 Å². The molecule has 1 heterocycles. The number of halogens is 3. The molecule has 0 spiro atoms. The monoisotopic (exact) mass is 486 g/mol. The Kier molecular flexibility index (Phi) is 7.36. The van der Waals surface area contributed by atoms with Gasteiger partial charge in [0.25, 0.3) is 5.56 Å². The molecule has 4 rings (SSSR count). The van der Waals surface area contributed by atoms with Gasteiger partial charge in [0.05, 0.1) is 22.5 Å². The summed E-state index contributed by atoms with van der Waals surface area (Å²) in [6, 6.07) is 20.0. The molecular weight excluding hydrogens is 467 g/mol. The van der Waals surface area contributed by atoms with E-state index in [0.717, 1.165) is 24.8 Å². The molecule has 0 aliphatic heterocycles. The van der Waals surface area contributed by atoms with Crippen LogP contribution in [-0.4, -0.2) is 16.2 Å². The molecule has 164 valence electrons. The van der Waals surface area contributed by atoms with Gasteiger partial charge in [-0.15, -0.1) is 0 Å². The van der Waals surface area contributed by atoms with Gasteiger partial charge in [0.1, 0.15) is 11.6 Å². The lowest BCUT2D eigenvalue weighted by atomic mass is 10.1. The molecule has 0 saturated carbocycles. The van der Waals surface area contributed by atoms with Crippen LogP contribution in [0.5, 0.6) is 5.75 Å². The van der Waals surface area contributed by atoms with E-state index >= 15 is 0 Å². The highest BCUT2D eigenvalue weighted by Crippen LogP contribution is 2.27. The summed E-state index contributed by atoms with van der Waals surface area (Å²) in [7, 11) is 0. The molecule has 0 saturated heterocycles. The van der Waals surface area contributed by atoms with Gasteiger partial charge in [-0.1, -0.05) is 46.9 Å². The molecule has 32 heavy (non-hydrogen) atoms. The van der Waals surface area contributed by atoms with Crippen molar-refractivity contribution in [3.05, 3.63) is 92.2 Å². The predicted octanol–water partition coefficient (Wildman–Crippen LogP) is 7.27. The summed E-state index contributed by atoms with van der Waals surface area (Å²) < 4.78 is 7.50. The van der Waals surface area contributed by atoms with Gasteiger partial charge in [-0.2, -0.15) is 0 Å². The molecule has 4 nitrogen and oxygen atoms in total. The molecule has 7 heteroatoms. The summed E-state index contributed by atoms with van der Waals surface area (Å²) in [6.07, 6.45) is 2.55. The Morgan fingerprint density at radius 3 is 2.38 bits per heavy atom. The normalized spacial score (nSPS) is 11.1. The fourth-order valence-corrected chi connectivity index (χ4v) is 4.11. The summed E-state index contributed by atoms with van der Waals surface area (Å²) in [5.74, 6) is 1.27. The zero-order valence-electron chi connectivity index (χ0n) is 17.2. The fraction of sp³-hybridized carbons (Fsp3) is 0.200. The number of rotatable bonds is 8. The SMILES string of the molecule is O=c1c2ccccc2nc(-c2ccc(Cl)cc2)n1CCCCCOc1ccc(Cl)cc1Cl. The number of unbranched alkanes of at least 4 members (excludes halogenated alkanes) is 2. The Morgan fingerprint density at radius 1 is 0.844 bits per heavy atom. The molecule has 1 aromatic heterocycles. The Hall–Kier alpha value is -2.53. The van der Waals surface area contributed by atoms with Crippen molar-refractivity contribution in [3.63, 3.8) is 0 Å². The number of ether oxygens (including phenoxy) is 1. The largest absolute Gasteiger partial charge is 0.492 e. The third-order valence-electron chi connectivity index (χ3n) is 5.14. The first-order valence-electron chi connectivity index (χ1n) is 10.4. The summed E-state index contributed by atoms with van der Waals surface area (Å²) in [5.41, 5.74) is 1.51. The second kappa shape index (κ2) is 10.4. The van der Waals surface area contributed by atoms with Crippen LogP contribution in [0, 0.1) is 0 Å². The third kappa shape index (κ3) is 5.26. The molecule has 0 amide bonds. The molecule has 0 bridgehead atoms. The van der Waals surface area contributed by atoms with Gasteiger partial charge in [-0.05, 0) is 73.9 Å². The summed E-state index contributed by atoms with van der Waals surface area (Å²) in [4.78, 5) is 18.0. The smallest absolute Gasteiger partial charge is 0.261 e. The van der Waals surface area contributed by atoms with E-state index in [9.17, 15) is 4.79 Å². The average Bonchev–Trinajstić information content (AvgIpc) is 2.79. The average molecular weight is 488 g/mol. The zero-order chi connectivity index (χ0) is 22.5. The number of fused-ring (bicyclic) bond motifs is 1. The lowest BCUT2D eigenvalue weighted by molar-refractivity contribution is 0.304. The van der Waals surface area contributed by atoms with Crippen LogP contribution in [0.25, 0.3) is 22.3 Å². The summed E-state index contributed by atoms with van der Waals surface area (Å²) >= 11 is 18.1. The first-order valence-corrected chi connectivity index (χ1v) is 11.5. The van der Waals surface area contributed by atoms with Crippen molar-refractivity contribution in [1.82, 2.24) is 9.55 Å². The van der Waals surface area contributed by atoms with Crippen molar-refractivity contribution in [2.45, 2.75) is 25.8 Å². The molecule has 0 N–H and O–H groups in total. The maximum absolute atomic E-state index is 13.2. The second-order valence-electron chi connectivity index (χ2n) is 7.40. The van der Waals surface area contributed by atoms with Crippen LogP contribution in [0.2, 0.25) is 15.1 Å². The van der Waals surface area contributed by atoms with E-state index in [-0.39, 0.29) is 5.56 Å². The molecule has 0 radical (unpaired) electrons. The molecule has 0 fully saturated rings. The first-order chi connectivity index (χ1) is 15.5. The molecule has 0 atom stereocenters. The van der Waals surface area contributed by atoms with Crippen molar-refractivity contribution in [1.29, 1.82) is 0 Å². The van der Waals surface area contributed by atoms with Crippen molar-refractivity contribution in [2.75, 3.05) is 6.61 Å². The van der Waals surface area contributed by atoms with Gasteiger partial charge in [0, 0.05) is 22.2 Å². The molecule has 3 aromatic carbocycles. The van der Waals surface area contributed by atoms with E-state index in [1.165, 1.54) is 0 Å². The van der Waals surface area contributed by atoms with Crippen molar-refractivity contribution in [2.24, 2.45) is 0 Å². The first kappa shape index (κ1) is 22.7. The van der Waals surface area contributed by atoms with Gasteiger partial charge < -0.3 is 4.74 Å². The molecule has 0 unspecified atom stereocenters. The van der Waals surface area contributed by atoms with E-state index < -0.39 is 0 Å². The number of hydrogen-bond acceptors (Lipinski definition) is 3. The van der Waals surface area contributed by atoms with Crippen LogP contribution in [0.3, 0.4) is 0 Å².